The van der Waals surface area contributed by atoms with Crippen molar-refractivity contribution in [2.45, 2.75) is 18.7 Å². The first-order valence-corrected chi connectivity index (χ1v) is 8.66. The van der Waals surface area contributed by atoms with Crippen LogP contribution >= 0.6 is 0 Å². The molecule has 0 aromatic heterocycles. The van der Waals surface area contributed by atoms with Crippen LogP contribution in [0.3, 0.4) is 0 Å². The average molecular weight is 365 g/mol. The van der Waals surface area contributed by atoms with E-state index in [9.17, 15) is 28.6 Å². The van der Waals surface area contributed by atoms with E-state index in [1.54, 1.807) is 6.92 Å². The van der Waals surface area contributed by atoms with Crippen molar-refractivity contribution in [3.63, 3.8) is 0 Å². The highest BCUT2D eigenvalue weighted by molar-refractivity contribution is 7.93. The van der Waals surface area contributed by atoms with Crippen LogP contribution in [0.5, 0.6) is 0 Å². The molecule has 2 rings (SSSR count). The van der Waals surface area contributed by atoms with Crippen molar-refractivity contribution in [3.05, 3.63) is 68.3 Å². The van der Waals surface area contributed by atoms with E-state index in [2.05, 4.69) is 0 Å². The standard InChI is InChI=1S/C15H15N3O6S/c1-3-16(12-8-6-9-13(11(12)2)17(19)20)25(23,24)15-10-5-4-7-14(15)18(21)22/h4-10H,3H2,1-2H3. The molecule has 0 saturated heterocycles. The number of sulfonamides is 1. The van der Waals surface area contributed by atoms with Crippen LogP contribution in [0.15, 0.2) is 47.4 Å². The van der Waals surface area contributed by atoms with Gasteiger partial charge < -0.3 is 0 Å². The van der Waals surface area contributed by atoms with E-state index in [1.165, 1.54) is 37.3 Å². The van der Waals surface area contributed by atoms with Crippen LogP contribution < -0.4 is 4.31 Å². The molecule has 9 nitrogen and oxygen atoms in total. The maximum absolute atomic E-state index is 13.0. The largest absolute Gasteiger partial charge is 0.289 e. The summed E-state index contributed by atoms with van der Waals surface area (Å²) in [4.78, 5) is 20.4. The molecule has 0 bridgehead atoms. The van der Waals surface area contributed by atoms with Crippen molar-refractivity contribution in [3.8, 4) is 0 Å². The van der Waals surface area contributed by atoms with Crippen LogP contribution in [-0.4, -0.2) is 24.8 Å². The van der Waals surface area contributed by atoms with Gasteiger partial charge in [0.05, 0.1) is 21.1 Å². The van der Waals surface area contributed by atoms with E-state index < -0.39 is 30.5 Å². The summed E-state index contributed by atoms with van der Waals surface area (Å²) in [5.41, 5.74) is -0.510. The molecule has 0 unspecified atom stereocenters. The maximum Gasteiger partial charge on any atom is 0.289 e. The van der Waals surface area contributed by atoms with Crippen LogP contribution in [0.2, 0.25) is 0 Å². The normalized spacial score (nSPS) is 11.1. The number of hydrogen-bond acceptors (Lipinski definition) is 6. The number of rotatable bonds is 6. The van der Waals surface area contributed by atoms with E-state index in [-0.39, 0.29) is 23.5 Å². The molecule has 10 heteroatoms. The predicted molar refractivity (Wildman–Crippen MR) is 91.1 cm³/mol. The van der Waals surface area contributed by atoms with Crippen LogP contribution in [0, 0.1) is 27.2 Å². The Morgan fingerprint density at radius 1 is 0.960 bits per heavy atom. The fraction of sp³-hybridized carbons (Fsp3) is 0.200. The van der Waals surface area contributed by atoms with Gasteiger partial charge in [0, 0.05) is 18.7 Å². The summed E-state index contributed by atoms with van der Waals surface area (Å²) < 4.78 is 26.9. The number of nitro groups is 2. The SMILES string of the molecule is CCN(c1cccc([N+](=O)[O-])c1C)S(=O)(=O)c1ccccc1[N+](=O)[O-]. The molecule has 2 aromatic rings. The van der Waals surface area contributed by atoms with Gasteiger partial charge in [-0.05, 0) is 26.0 Å². The third kappa shape index (κ3) is 3.29. The third-order valence-electron chi connectivity index (χ3n) is 3.66. The Balaban J connectivity index is 2.68. The van der Waals surface area contributed by atoms with Crippen LogP contribution in [0.25, 0.3) is 0 Å². The van der Waals surface area contributed by atoms with Gasteiger partial charge in [0.15, 0.2) is 4.90 Å². The molecule has 0 aliphatic heterocycles. The van der Waals surface area contributed by atoms with Crippen molar-refractivity contribution >= 4 is 27.1 Å². The van der Waals surface area contributed by atoms with Crippen molar-refractivity contribution < 1.29 is 18.3 Å². The lowest BCUT2D eigenvalue weighted by atomic mass is 10.1. The Bertz CT molecular complexity index is 942. The Morgan fingerprint density at radius 2 is 1.52 bits per heavy atom. The van der Waals surface area contributed by atoms with Crippen LogP contribution in [-0.2, 0) is 10.0 Å². The first-order chi connectivity index (χ1) is 11.7. The highest BCUT2D eigenvalue weighted by atomic mass is 32.2. The first-order valence-electron chi connectivity index (χ1n) is 7.22. The van der Waals surface area contributed by atoms with Crippen molar-refractivity contribution in [2.24, 2.45) is 0 Å². The summed E-state index contributed by atoms with van der Waals surface area (Å²) in [7, 11) is -4.28. The molecule has 0 atom stereocenters. The van der Waals surface area contributed by atoms with Gasteiger partial charge in [-0.25, -0.2) is 8.42 Å². The first kappa shape index (κ1) is 18.3. The van der Waals surface area contributed by atoms with Crippen LogP contribution in [0.1, 0.15) is 12.5 Å². The fourth-order valence-corrected chi connectivity index (χ4v) is 4.19. The van der Waals surface area contributed by atoms with Crippen LogP contribution in [0.4, 0.5) is 17.1 Å². The molecule has 0 amide bonds. The molecule has 2 aromatic carbocycles. The Kier molecular flexibility index (Phi) is 5.02. The summed E-state index contributed by atoms with van der Waals surface area (Å²) in [6, 6.07) is 9.06. The molecular formula is C15H15N3O6S. The molecule has 0 radical (unpaired) electrons. The van der Waals surface area contributed by atoms with Gasteiger partial charge in [0.25, 0.3) is 21.4 Å². The molecule has 0 N–H and O–H groups in total. The van der Waals surface area contributed by atoms with Gasteiger partial charge in [-0.3, -0.25) is 24.5 Å². The van der Waals surface area contributed by atoms with Crippen molar-refractivity contribution in [1.29, 1.82) is 0 Å². The number of benzene rings is 2. The zero-order chi connectivity index (χ0) is 18.8. The van der Waals surface area contributed by atoms with E-state index in [0.717, 1.165) is 16.4 Å². The average Bonchev–Trinajstić information content (AvgIpc) is 2.56. The maximum atomic E-state index is 13.0. The minimum absolute atomic E-state index is 0.0452. The zero-order valence-corrected chi connectivity index (χ0v) is 14.3. The molecule has 0 aliphatic carbocycles. The molecule has 0 aliphatic rings. The Morgan fingerprint density at radius 3 is 2.08 bits per heavy atom. The second kappa shape index (κ2) is 6.85. The second-order valence-electron chi connectivity index (χ2n) is 5.07. The molecular weight excluding hydrogens is 350 g/mol. The predicted octanol–water partition coefficient (Wildman–Crippen LogP) is 3.03. The van der Waals surface area contributed by atoms with E-state index in [0.29, 0.717) is 0 Å². The molecule has 132 valence electrons. The number of anilines is 1. The number of nitro benzene ring substituents is 2. The van der Waals surface area contributed by atoms with Gasteiger partial charge in [0.1, 0.15) is 0 Å². The Labute approximate surface area is 143 Å². The van der Waals surface area contributed by atoms with Crippen molar-refractivity contribution in [2.75, 3.05) is 10.8 Å². The van der Waals surface area contributed by atoms with Gasteiger partial charge in [0.2, 0.25) is 0 Å². The minimum atomic E-state index is -4.28. The van der Waals surface area contributed by atoms with E-state index >= 15 is 0 Å². The number of nitrogens with zero attached hydrogens (tertiary/aromatic N) is 3. The third-order valence-corrected chi connectivity index (χ3v) is 5.60. The van der Waals surface area contributed by atoms with Gasteiger partial charge >= 0.3 is 0 Å². The van der Waals surface area contributed by atoms with E-state index in [4.69, 9.17) is 0 Å². The van der Waals surface area contributed by atoms with Crippen molar-refractivity contribution in [1.82, 2.24) is 0 Å². The lowest BCUT2D eigenvalue weighted by Crippen LogP contribution is -2.32. The molecule has 0 heterocycles. The summed E-state index contributed by atoms with van der Waals surface area (Å²) in [6.07, 6.45) is 0. The van der Waals surface area contributed by atoms with Gasteiger partial charge in [-0.2, -0.15) is 0 Å². The number of hydrogen-bond donors (Lipinski definition) is 0. The highest BCUT2D eigenvalue weighted by Gasteiger charge is 2.32. The smallest absolute Gasteiger partial charge is 0.266 e. The number of para-hydroxylation sites is 1. The Hall–Kier alpha value is -3.01. The lowest BCUT2D eigenvalue weighted by molar-refractivity contribution is -0.387. The van der Waals surface area contributed by atoms with Gasteiger partial charge in [-0.1, -0.05) is 18.2 Å². The summed E-state index contributed by atoms with van der Waals surface area (Å²) >= 11 is 0. The zero-order valence-electron chi connectivity index (χ0n) is 13.4. The summed E-state index contributed by atoms with van der Waals surface area (Å²) in [5.74, 6) is 0. The van der Waals surface area contributed by atoms with Gasteiger partial charge in [-0.15, -0.1) is 0 Å². The monoisotopic (exact) mass is 365 g/mol. The minimum Gasteiger partial charge on any atom is -0.266 e. The summed E-state index contributed by atoms with van der Waals surface area (Å²) in [5, 5.41) is 22.3. The fourth-order valence-electron chi connectivity index (χ4n) is 2.49. The second-order valence-corrected chi connectivity index (χ2v) is 6.90. The molecule has 25 heavy (non-hydrogen) atoms. The lowest BCUT2D eigenvalue weighted by Gasteiger charge is -2.24. The molecule has 0 spiro atoms. The molecule has 0 fully saturated rings. The topological polar surface area (TPSA) is 124 Å². The quantitative estimate of drug-likeness (QED) is 0.572. The molecule has 0 saturated carbocycles. The summed E-state index contributed by atoms with van der Waals surface area (Å²) in [6.45, 7) is 2.94. The highest BCUT2D eigenvalue weighted by Crippen LogP contribution is 2.34. The van der Waals surface area contributed by atoms with E-state index in [1.807, 2.05) is 0 Å².